The molecule has 0 aliphatic carbocycles. The predicted molar refractivity (Wildman–Crippen MR) is 197 cm³/mol. The third kappa shape index (κ3) is 3.78. The largest absolute Gasteiger partial charge is 0.309 e. The number of fused-ring (bicyclic) bond motifs is 9. The fourth-order valence-corrected chi connectivity index (χ4v) is 9.36. The quantitative estimate of drug-likeness (QED) is 0.188. The first kappa shape index (κ1) is 25.1. The van der Waals surface area contributed by atoms with Crippen molar-refractivity contribution in [3.8, 4) is 27.9 Å². The van der Waals surface area contributed by atoms with Crippen molar-refractivity contribution in [3.63, 3.8) is 0 Å². The Morgan fingerprint density at radius 1 is 0.356 bits per heavy atom. The zero-order valence-electron chi connectivity index (χ0n) is 24.2. The van der Waals surface area contributed by atoms with E-state index in [1.54, 1.807) is 0 Å². The topological polar surface area (TPSA) is 4.93 Å². The monoisotopic (exact) mass is 607 g/mol. The average Bonchev–Trinajstić information content (AvgIpc) is 3.77. The van der Waals surface area contributed by atoms with Crippen molar-refractivity contribution in [2.45, 2.75) is 0 Å². The predicted octanol–water partition coefficient (Wildman–Crippen LogP) is 12.9. The zero-order chi connectivity index (χ0) is 29.5. The minimum Gasteiger partial charge on any atom is -0.309 e. The summed E-state index contributed by atoms with van der Waals surface area (Å²) in [6, 6.07) is 56.0. The molecule has 0 radical (unpaired) electrons. The maximum atomic E-state index is 2.47. The highest BCUT2D eigenvalue weighted by molar-refractivity contribution is 7.26. The lowest BCUT2D eigenvalue weighted by molar-refractivity contribution is 1.19. The molecule has 3 heteroatoms. The summed E-state index contributed by atoms with van der Waals surface area (Å²) in [5, 5.41) is 7.86. The molecule has 0 N–H and O–H groups in total. The van der Waals surface area contributed by atoms with Gasteiger partial charge in [0.05, 0.1) is 11.0 Å². The van der Waals surface area contributed by atoms with Crippen LogP contribution in [-0.2, 0) is 0 Å². The maximum Gasteiger partial charge on any atom is 0.0547 e. The molecule has 0 aliphatic rings. The van der Waals surface area contributed by atoms with E-state index >= 15 is 0 Å². The molecule has 0 fully saturated rings. The highest BCUT2D eigenvalue weighted by atomic mass is 32.1. The highest BCUT2D eigenvalue weighted by Crippen LogP contribution is 2.43. The minimum absolute atomic E-state index is 1.19. The van der Waals surface area contributed by atoms with Crippen LogP contribution < -0.4 is 0 Å². The van der Waals surface area contributed by atoms with Gasteiger partial charge in [-0.1, -0.05) is 97.1 Å². The second-order valence-electron chi connectivity index (χ2n) is 11.7. The van der Waals surface area contributed by atoms with Gasteiger partial charge in [-0.05, 0) is 76.9 Å². The molecule has 3 aromatic heterocycles. The first-order chi connectivity index (χ1) is 22.3. The Balaban J connectivity index is 1.27. The van der Waals surface area contributed by atoms with Gasteiger partial charge in [0.1, 0.15) is 0 Å². The van der Waals surface area contributed by atoms with Gasteiger partial charge in [0.15, 0.2) is 0 Å². The van der Waals surface area contributed by atoms with Crippen molar-refractivity contribution in [2.75, 3.05) is 0 Å². The van der Waals surface area contributed by atoms with Crippen LogP contribution in [0.3, 0.4) is 0 Å². The molecule has 0 saturated heterocycles. The second-order valence-corrected chi connectivity index (χ2v) is 13.9. The Morgan fingerprint density at radius 2 is 1.07 bits per heavy atom. The SMILES string of the molecule is c1ccc(-c2ccc3c4cc(-c5cccc6sc7ccccc7c56)ccc4n(-c4ccc5sc6ccccc6c5c4)c3c2)cc1. The number of hydrogen-bond donors (Lipinski definition) is 0. The van der Waals surface area contributed by atoms with Crippen LogP contribution in [0.4, 0.5) is 0 Å². The molecule has 10 rings (SSSR count). The first-order valence-electron chi connectivity index (χ1n) is 15.3. The van der Waals surface area contributed by atoms with Gasteiger partial charge in [0.25, 0.3) is 0 Å². The van der Waals surface area contributed by atoms with Crippen molar-refractivity contribution in [3.05, 3.63) is 152 Å². The number of benzene rings is 7. The summed E-state index contributed by atoms with van der Waals surface area (Å²) in [6.45, 7) is 0. The number of rotatable bonds is 3. The third-order valence-electron chi connectivity index (χ3n) is 9.21. The smallest absolute Gasteiger partial charge is 0.0547 e. The molecule has 0 bridgehead atoms. The van der Waals surface area contributed by atoms with Crippen molar-refractivity contribution >= 4 is 84.8 Å². The summed E-state index contributed by atoms with van der Waals surface area (Å²) in [6.07, 6.45) is 0. The Labute approximate surface area is 267 Å². The first-order valence-corrected chi connectivity index (χ1v) is 16.9. The molecular weight excluding hydrogens is 583 g/mol. The van der Waals surface area contributed by atoms with Crippen LogP contribution in [0.25, 0.3) is 90.1 Å². The van der Waals surface area contributed by atoms with Crippen molar-refractivity contribution in [1.82, 2.24) is 4.57 Å². The Morgan fingerprint density at radius 3 is 1.96 bits per heavy atom. The fraction of sp³-hybridized carbons (Fsp3) is 0. The minimum atomic E-state index is 1.19. The van der Waals surface area contributed by atoms with Crippen LogP contribution in [0.15, 0.2) is 152 Å². The van der Waals surface area contributed by atoms with E-state index in [9.17, 15) is 0 Å². The molecule has 45 heavy (non-hydrogen) atoms. The van der Waals surface area contributed by atoms with E-state index in [0.29, 0.717) is 0 Å². The van der Waals surface area contributed by atoms with E-state index in [-0.39, 0.29) is 0 Å². The van der Waals surface area contributed by atoms with Crippen molar-refractivity contribution in [1.29, 1.82) is 0 Å². The van der Waals surface area contributed by atoms with Crippen LogP contribution in [0.5, 0.6) is 0 Å². The van der Waals surface area contributed by atoms with Gasteiger partial charge in [0.2, 0.25) is 0 Å². The maximum absolute atomic E-state index is 2.47. The normalized spacial score (nSPS) is 12.0. The summed E-state index contributed by atoms with van der Waals surface area (Å²) in [7, 11) is 0. The molecule has 10 aromatic rings. The number of aromatic nitrogens is 1. The molecule has 0 atom stereocenters. The summed E-state index contributed by atoms with van der Waals surface area (Å²) >= 11 is 3.74. The Kier molecular flexibility index (Phi) is 5.39. The van der Waals surface area contributed by atoms with Gasteiger partial charge in [-0.15, -0.1) is 22.7 Å². The second kappa shape index (κ2) is 9.64. The Hall–Kier alpha value is -5.22. The van der Waals surface area contributed by atoms with Crippen LogP contribution in [0.2, 0.25) is 0 Å². The van der Waals surface area contributed by atoms with E-state index in [0.717, 1.165) is 0 Å². The molecule has 3 heterocycles. The van der Waals surface area contributed by atoms with Gasteiger partial charge < -0.3 is 4.57 Å². The van der Waals surface area contributed by atoms with E-state index in [1.165, 1.54) is 90.1 Å². The summed E-state index contributed by atoms with van der Waals surface area (Å²) in [5.41, 5.74) is 8.63. The van der Waals surface area contributed by atoms with E-state index in [1.807, 2.05) is 22.7 Å². The summed E-state index contributed by atoms with van der Waals surface area (Å²) in [5.74, 6) is 0. The van der Waals surface area contributed by atoms with Crippen LogP contribution in [-0.4, -0.2) is 4.57 Å². The molecule has 210 valence electrons. The molecule has 0 amide bonds. The molecular formula is C42H25NS2. The molecule has 0 unspecified atom stereocenters. The van der Waals surface area contributed by atoms with Gasteiger partial charge in [-0.25, -0.2) is 0 Å². The van der Waals surface area contributed by atoms with Gasteiger partial charge in [0, 0.05) is 56.8 Å². The van der Waals surface area contributed by atoms with Gasteiger partial charge in [-0.2, -0.15) is 0 Å². The third-order valence-corrected chi connectivity index (χ3v) is 11.5. The molecule has 1 nitrogen and oxygen atoms in total. The van der Waals surface area contributed by atoms with Crippen LogP contribution >= 0.6 is 22.7 Å². The lowest BCUT2D eigenvalue weighted by Crippen LogP contribution is -1.94. The van der Waals surface area contributed by atoms with Crippen LogP contribution in [0, 0.1) is 0 Å². The van der Waals surface area contributed by atoms with E-state index < -0.39 is 0 Å². The van der Waals surface area contributed by atoms with E-state index in [2.05, 4.69) is 156 Å². The Bertz CT molecular complexity index is 2760. The average molecular weight is 608 g/mol. The lowest BCUT2D eigenvalue weighted by atomic mass is 9.97. The zero-order valence-corrected chi connectivity index (χ0v) is 25.8. The fourth-order valence-electron chi connectivity index (χ4n) is 7.15. The molecule has 0 saturated carbocycles. The highest BCUT2D eigenvalue weighted by Gasteiger charge is 2.17. The van der Waals surface area contributed by atoms with Crippen molar-refractivity contribution < 1.29 is 0 Å². The molecule has 7 aromatic carbocycles. The molecule has 0 spiro atoms. The number of nitrogens with zero attached hydrogens (tertiary/aromatic N) is 1. The summed E-state index contributed by atoms with van der Waals surface area (Å²) < 4.78 is 7.79. The lowest BCUT2D eigenvalue weighted by Gasteiger charge is -2.10. The molecule has 0 aliphatic heterocycles. The van der Waals surface area contributed by atoms with Crippen molar-refractivity contribution in [2.24, 2.45) is 0 Å². The number of thiophene rings is 2. The van der Waals surface area contributed by atoms with Crippen LogP contribution in [0.1, 0.15) is 0 Å². The standard InChI is InChI=1S/C42H25NS2/c1-2-9-26(10-3-1)27-17-20-31-34-23-28(30-13-8-16-41-42(30)33-12-5-7-15-39(33)45-41)18-21-36(34)43(37(31)24-27)29-19-22-40-35(25-29)32-11-4-6-14-38(32)44-40/h1-25H. The summed E-state index contributed by atoms with van der Waals surface area (Å²) in [4.78, 5) is 0. The number of hydrogen-bond acceptors (Lipinski definition) is 2. The van der Waals surface area contributed by atoms with Gasteiger partial charge in [-0.3, -0.25) is 0 Å². The van der Waals surface area contributed by atoms with Gasteiger partial charge >= 0.3 is 0 Å². The van der Waals surface area contributed by atoms with E-state index in [4.69, 9.17) is 0 Å².